The zero-order valence-electron chi connectivity index (χ0n) is 11.5. The van der Waals surface area contributed by atoms with Gasteiger partial charge in [0.1, 0.15) is 0 Å². The smallest absolute Gasteiger partial charge is 0.331 e. The third kappa shape index (κ3) is 4.92. The molecular formula is C14H11F3N4OS. The molecule has 23 heavy (non-hydrogen) atoms. The van der Waals surface area contributed by atoms with Crippen molar-refractivity contribution in [1.82, 2.24) is 15.8 Å². The molecule has 9 heteroatoms. The lowest BCUT2D eigenvalue weighted by Crippen LogP contribution is -2.43. The highest BCUT2D eigenvalue weighted by molar-refractivity contribution is 7.80. The quantitative estimate of drug-likeness (QED) is 0.579. The summed E-state index contributed by atoms with van der Waals surface area (Å²) >= 11 is 4.94. The minimum Gasteiger partial charge on any atom is -0.331 e. The first-order valence-electron chi connectivity index (χ1n) is 6.31. The zero-order valence-corrected chi connectivity index (χ0v) is 12.3. The number of hydrazine groups is 1. The van der Waals surface area contributed by atoms with Gasteiger partial charge >= 0.3 is 6.18 Å². The predicted octanol–water partition coefficient (Wildman–Crippen LogP) is 2.73. The largest absolute Gasteiger partial charge is 0.416 e. The molecule has 0 saturated heterocycles. The average molecular weight is 340 g/mol. The third-order valence-corrected chi connectivity index (χ3v) is 2.89. The molecule has 1 amide bonds. The predicted molar refractivity (Wildman–Crippen MR) is 82.5 cm³/mol. The number of alkyl halides is 3. The maximum atomic E-state index is 12.4. The summed E-state index contributed by atoms with van der Waals surface area (Å²) in [6.45, 7) is 0. The second-order valence-corrected chi connectivity index (χ2v) is 4.76. The average Bonchev–Trinajstić information content (AvgIpc) is 2.53. The molecule has 0 aliphatic rings. The summed E-state index contributed by atoms with van der Waals surface area (Å²) in [5.74, 6) is -0.449. The number of halogens is 3. The van der Waals surface area contributed by atoms with Gasteiger partial charge in [0, 0.05) is 18.1 Å². The molecule has 0 saturated carbocycles. The van der Waals surface area contributed by atoms with E-state index < -0.39 is 17.6 Å². The van der Waals surface area contributed by atoms with Crippen LogP contribution < -0.4 is 16.2 Å². The normalized spacial score (nSPS) is 10.7. The van der Waals surface area contributed by atoms with Gasteiger partial charge in [-0.3, -0.25) is 20.6 Å². The van der Waals surface area contributed by atoms with Gasteiger partial charge < -0.3 is 5.32 Å². The van der Waals surface area contributed by atoms with Crippen molar-refractivity contribution in [2.75, 3.05) is 5.32 Å². The second kappa shape index (κ2) is 7.05. The number of aromatic nitrogens is 1. The first kappa shape index (κ1) is 16.7. The first-order chi connectivity index (χ1) is 10.9. The van der Waals surface area contributed by atoms with E-state index in [0.29, 0.717) is 11.3 Å². The molecule has 120 valence electrons. The zero-order chi connectivity index (χ0) is 16.9. The van der Waals surface area contributed by atoms with Crippen LogP contribution in [0.3, 0.4) is 0 Å². The number of amides is 1. The van der Waals surface area contributed by atoms with Crippen LogP contribution in [-0.2, 0) is 6.18 Å². The van der Waals surface area contributed by atoms with Gasteiger partial charge in [0.15, 0.2) is 5.11 Å². The van der Waals surface area contributed by atoms with Crippen molar-refractivity contribution in [2.45, 2.75) is 6.18 Å². The molecule has 2 rings (SSSR count). The number of nitrogens with one attached hydrogen (secondary N) is 3. The van der Waals surface area contributed by atoms with Crippen molar-refractivity contribution in [3.05, 3.63) is 59.9 Å². The molecule has 0 fully saturated rings. The van der Waals surface area contributed by atoms with E-state index in [-0.39, 0.29) is 5.11 Å². The summed E-state index contributed by atoms with van der Waals surface area (Å²) in [5, 5.41) is 2.68. The molecule has 1 aromatic heterocycles. The van der Waals surface area contributed by atoms with Crippen molar-refractivity contribution in [1.29, 1.82) is 0 Å². The maximum Gasteiger partial charge on any atom is 0.416 e. The third-order valence-electron chi connectivity index (χ3n) is 2.68. The summed E-state index contributed by atoms with van der Waals surface area (Å²) in [5.41, 5.74) is 4.71. The number of hydrogen-bond donors (Lipinski definition) is 3. The van der Waals surface area contributed by atoms with Gasteiger partial charge in [-0.25, -0.2) is 0 Å². The van der Waals surface area contributed by atoms with Crippen LogP contribution >= 0.6 is 12.2 Å². The number of pyridine rings is 1. The maximum absolute atomic E-state index is 12.4. The van der Waals surface area contributed by atoms with Crippen molar-refractivity contribution in [2.24, 2.45) is 0 Å². The van der Waals surface area contributed by atoms with Crippen molar-refractivity contribution in [3.8, 4) is 0 Å². The van der Waals surface area contributed by atoms with E-state index in [1.165, 1.54) is 24.5 Å². The highest BCUT2D eigenvalue weighted by Gasteiger charge is 2.29. The van der Waals surface area contributed by atoms with Crippen LogP contribution in [0.25, 0.3) is 0 Å². The molecule has 2 aromatic rings. The van der Waals surface area contributed by atoms with Crippen molar-refractivity contribution >= 4 is 28.9 Å². The molecule has 5 nitrogen and oxygen atoms in total. The van der Waals surface area contributed by atoms with Crippen LogP contribution in [-0.4, -0.2) is 16.0 Å². The summed E-state index contributed by atoms with van der Waals surface area (Å²) in [6, 6.07) is 7.50. The number of hydrogen-bond acceptors (Lipinski definition) is 3. The van der Waals surface area contributed by atoms with Gasteiger partial charge in [-0.2, -0.15) is 13.2 Å². The molecule has 1 aromatic carbocycles. The van der Waals surface area contributed by atoms with E-state index in [1.54, 1.807) is 12.1 Å². The summed E-state index contributed by atoms with van der Waals surface area (Å²) < 4.78 is 37.3. The fraction of sp³-hybridized carbons (Fsp3) is 0.0714. The SMILES string of the molecule is O=C(NNC(=S)Nc1ccc(C(F)(F)F)cc1)c1cccnc1. The molecule has 0 spiro atoms. The lowest BCUT2D eigenvalue weighted by Gasteiger charge is -2.12. The fourth-order valence-electron chi connectivity index (χ4n) is 1.59. The monoisotopic (exact) mass is 340 g/mol. The van der Waals surface area contributed by atoms with E-state index in [9.17, 15) is 18.0 Å². The van der Waals surface area contributed by atoms with E-state index in [1.807, 2.05) is 0 Å². The number of anilines is 1. The van der Waals surface area contributed by atoms with E-state index in [2.05, 4.69) is 21.2 Å². The fourth-order valence-corrected chi connectivity index (χ4v) is 1.76. The van der Waals surface area contributed by atoms with Crippen molar-refractivity contribution < 1.29 is 18.0 Å². The van der Waals surface area contributed by atoms with E-state index >= 15 is 0 Å². The van der Waals surface area contributed by atoms with Gasteiger partial charge in [-0.15, -0.1) is 0 Å². The first-order valence-corrected chi connectivity index (χ1v) is 6.72. The summed E-state index contributed by atoms with van der Waals surface area (Å²) in [6.07, 6.45) is -1.49. The Morgan fingerprint density at radius 1 is 1.09 bits per heavy atom. The minimum atomic E-state index is -4.39. The molecule has 0 aliphatic heterocycles. The molecule has 0 unspecified atom stereocenters. The Morgan fingerprint density at radius 2 is 1.78 bits per heavy atom. The van der Waals surface area contributed by atoms with Crippen LogP contribution in [0.1, 0.15) is 15.9 Å². The Morgan fingerprint density at radius 3 is 2.35 bits per heavy atom. The number of carbonyl (C=O) groups is 1. The molecular weight excluding hydrogens is 329 g/mol. The lowest BCUT2D eigenvalue weighted by molar-refractivity contribution is -0.137. The minimum absolute atomic E-state index is 0.0296. The molecule has 0 radical (unpaired) electrons. The van der Waals surface area contributed by atoms with Gasteiger partial charge in [0.05, 0.1) is 11.1 Å². The highest BCUT2D eigenvalue weighted by Crippen LogP contribution is 2.29. The number of rotatable bonds is 2. The molecule has 0 aliphatic carbocycles. The van der Waals surface area contributed by atoms with Crippen LogP contribution in [0.2, 0.25) is 0 Å². The topological polar surface area (TPSA) is 66.1 Å². The number of carbonyl (C=O) groups excluding carboxylic acids is 1. The van der Waals surface area contributed by atoms with Crippen molar-refractivity contribution in [3.63, 3.8) is 0 Å². The Hall–Kier alpha value is -2.68. The Kier molecular flexibility index (Phi) is 5.12. The van der Waals surface area contributed by atoms with Gasteiger partial charge in [-0.05, 0) is 48.6 Å². The van der Waals surface area contributed by atoms with E-state index in [0.717, 1.165) is 12.1 Å². The molecule has 1 heterocycles. The number of thiocarbonyl (C=S) groups is 1. The van der Waals surface area contributed by atoms with Gasteiger partial charge in [-0.1, -0.05) is 0 Å². The molecule has 0 bridgehead atoms. The van der Waals surface area contributed by atoms with Crippen LogP contribution in [0.4, 0.5) is 18.9 Å². The Balaban J connectivity index is 1.86. The molecule has 0 atom stereocenters. The standard InChI is InChI=1S/C14H11F3N4OS/c15-14(16,17)10-3-5-11(6-4-10)19-13(23)21-20-12(22)9-2-1-7-18-8-9/h1-8H,(H,20,22)(H2,19,21,23). The van der Waals surface area contributed by atoms with Gasteiger partial charge in [0.2, 0.25) is 0 Å². The van der Waals surface area contributed by atoms with E-state index in [4.69, 9.17) is 12.2 Å². The van der Waals surface area contributed by atoms with Crippen LogP contribution in [0.5, 0.6) is 0 Å². The number of benzene rings is 1. The highest BCUT2D eigenvalue weighted by atomic mass is 32.1. The Labute approximate surface area is 134 Å². The van der Waals surface area contributed by atoms with Crippen LogP contribution in [0.15, 0.2) is 48.8 Å². The Bertz CT molecular complexity index is 689. The van der Waals surface area contributed by atoms with Crippen LogP contribution in [0, 0.1) is 0 Å². The van der Waals surface area contributed by atoms with Gasteiger partial charge in [0.25, 0.3) is 5.91 Å². The summed E-state index contributed by atoms with van der Waals surface area (Å²) in [7, 11) is 0. The summed E-state index contributed by atoms with van der Waals surface area (Å²) in [4.78, 5) is 15.5. The lowest BCUT2D eigenvalue weighted by atomic mass is 10.2. The number of nitrogens with zero attached hydrogens (tertiary/aromatic N) is 1. The second-order valence-electron chi connectivity index (χ2n) is 4.35. The molecule has 3 N–H and O–H groups in total.